The van der Waals surface area contributed by atoms with Gasteiger partial charge in [0.1, 0.15) is 16.6 Å². The summed E-state index contributed by atoms with van der Waals surface area (Å²) in [4.78, 5) is 9.89. The van der Waals surface area contributed by atoms with E-state index in [1.54, 1.807) is 0 Å². The van der Waals surface area contributed by atoms with Gasteiger partial charge in [-0.05, 0) is 18.1 Å². The van der Waals surface area contributed by atoms with Gasteiger partial charge >= 0.3 is 0 Å². The molecule has 29 heavy (non-hydrogen) atoms. The summed E-state index contributed by atoms with van der Waals surface area (Å²) in [7, 11) is 0. The highest BCUT2D eigenvalue weighted by Crippen LogP contribution is 2.32. The number of fused-ring (bicyclic) bond motifs is 1. The SMILES string of the molecule is N=C1C(c2nc(-c3ccccc3)cs2)=C(O)CN1CCc1c[nH]c2ccccc12. The van der Waals surface area contributed by atoms with Gasteiger partial charge in [0, 0.05) is 34.6 Å². The average molecular weight is 401 g/mol. The Morgan fingerprint density at radius 3 is 2.76 bits per heavy atom. The molecule has 0 aliphatic carbocycles. The normalized spacial score (nSPS) is 14.3. The Bertz CT molecular complexity index is 1220. The van der Waals surface area contributed by atoms with E-state index in [0.717, 1.165) is 23.2 Å². The van der Waals surface area contributed by atoms with Crippen LogP contribution in [0.15, 0.2) is 71.9 Å². The fraction of sp³-hybridized carbons (Fsp3) is 0.130. The van der Waals surface area contributed by atoms with Gasteiger partial charge in [-0.25, -0.2) is 4.98 Å². The Morgan fingerprint density at radius 2 is 1.90 bits per heavy atom. The summed E-state index contributed by atoms with van der Waals surface area (Å²) < 4.78 is 0. The number of nitrogens with zero attached hydrogens (tertiary/aromatic N) is 2. The zero-order valence-corrected chi connectivity index (χ0v) is 16.5. The molecule has 0 amide bonds. The molecular weight excluding hydrogens is 380 g/mol. The largest absolute Gasteiger partial charge is 0.510 e. The third-order valence-electron chi connectivity index (χ3n) is 5.30. The summed E-state index contributed by atoms with van der Waals surface area (Å²) in [6.07, 6.45) is 2.84. The lowest BCUT2D eigenvalue weighted by Crippen LogP contribution is -2.28. The summed E-state index contributed by atoms with van der Waals surface area (Å²) in [6, 6.07) is 18.2. The zero-order chi connectivity index (χ0) is 19.8. The van der Waals surface area contributed by atoms with Crippen LogP contribution in [0.5, 0.6) is 0 Å². The van der Waals surface area contributed by atoms with E-state index in [9.17, 15) is 5.11 Å². The van der Waals surface area contributed by atoms with Crippen molar-refractivity contribution in [3.63, 3.8) is 0 Å². The first-order valence-electron chi connectivity index (χ1n) is 9.53. The van der Waals surface area contributed by atoms with Crippen LogP contribution >= 0.6 is 11.3 Å². The Kier molecular flexibility index (Phi) is 4.41. The summed E-state index contributed by atoms with van der Waals surface area (Å²) in [5.41, 5.74) is 4.81. The second-order valence-corrected chi connectivity index (χ2v) is 7.96. The van der Waals surface area contributed by atoms with E-state index in [4.69, 9.17) is 5.41 Å². The number of amidine groups is 1. The number of aliphatic hydroxyl groups is 1. The Morgan fingerprint density at radius 1 is 1.10 bits per heavy atom. The van der Waals surface area contributed by atoms with Gasteiger partial charge in [-0.1, -0.05) is 48.5 Å². The minimum atomic E-state index is 0.225. The van der Waals surface area contributed by atoms with Crippen molar-refractivity contribution < 1.29 is 5.11 Å². The summed E-state index contributed by atoms with van der Waals surface area (Å²) in [5.74, 6) is 0.569. The first-order valence-corrected chi connectivity index (χ1v) is 10.4. The van der Waals surface area contributed by atoms with Crippen molar-refractivity contribution in [2.75, 3.05) is 13.1 Å². The molecule has 6 heteroatoms. The summed E-state index contributed by atoms with van der Waals surface area (Å²) in [6.45, 7) is 1.03. The van der Waals surface area contributed by atoms with Crippen molar-refractivity contribution in [3.05, 3.63) is 82.5 Å². The molecule has 0 saturated carbocycles. The number of thiazole rings is 1. The van der Waals surface area contributed by atoms with Gasteiger partial charge in [0.05, 0.1) is 17.8 Å². The van der Waals surface area contributed by atoms with Crippen molar-refractivity contribution >= 4 is 33.6 Å². The van der Waals surface area contributed by atoms with Crippen LogP contribution in [0.3, 0.4) is 0 Å². The third-order valence-corrected chi connectivity index (χ3v) is 6.16. The second-order valence-electron chi connectivity index (χ2n) is 7.11. The average Bonchev–Trinajstić information content (AvgIpc) is 3.45. The maximum Gasteiger partial charge on any atom is 0.135 e. The van der Waals surface area contributed by atoms with E-state index < -0.39 is 0 Å². The maximum absolute atomic E-state index is 10.5. The molecule has 0 unspecified atom stereocenters. The number of benzene rings is 2. The van der Waals surface area contributed by atoms with E-state index in [-0.39, 0.29) is 5.76 Å². The highest BCUT2D eigenvalue weighted by Gasteiger charge is 2.30. The van der Waals surface area contributed by atoms with Gasteiger partial charge < -0.3 is 15.0 Å². The molecule has 144 valence electrons. The van der Waals surface area contributed by atoms with Crippen molar-refractivity contribution in [2.45, 2.75) is 6.42 Å². The van der Waals surface area contributed by atoms with Gasteiger partial charge in [0.25, 0.3) is 0 Å². The van der Waals surface area contributed by atoms with Crippen molar-refractivity contribution in [1.29, 1.82) is 5.41 Å². The van der Waals surface area contributed by atoms with Crippen molar-refractivity contribution in [2.24, 2.45) is 0 Å². The quantitative estimate of drug-likeness (QED) is 0.436. The molecule has 0 saturated heterocycles. The minimum Gasteiger partial charge on any atom is -0.510 e. The molecule has 0 bridgehead atoms. The van der Waals surface area contributed by atoms with E-state index >= 15 is 0 Å². The zero-order valence-electron chi connectivity index (χ0n) is 15.7. The van der Waals surface area contributed by atoms with Crippen LogP contribution in [0, 0.1) is 5.41 Å². The van der Waals surface area contributed by atoms with E-state index in [1.165, 1.54) is 22.3 Å². The Hall–Kier alpha value is -3.38. The second kappa shape index (κ2) is 7.22. The Labute approximate surface area is 172 Å². The van der Waals surface area contributed by atoms with Gasteiger partial charge in [0.15, 0.2) is 0 Å². The molecule has 2 aromatic heterocycles. The van der Waals surface area contributed by atoms with Gasteiger partial charge in [0.2, 0.25) is 0 Å². The van der Waals surface area contributed by atoms with Gasteiger partial charge in [-0.15, -0.1) is 11.3 Å². The fourth-order valence-electron chi connectivity index (χ4n) is 3.77. The van der Waals surface area contributed by atoms with Crippen LogP contribution in [-0.4, -0.2) is 38.9 Å². The number of nitrogens with one attached hydrogen (secondary N) is 2. The number of hydrogen-bond acceptors (Lipinski definition) is 4. The molecule has 5 nitrogen and oxygen atoms in total. The van der Waals surface area contributed by atoms with Crippen LogP contribution in [0.1, 0.15) is 10.6 Å². The van der Waals surface area contributed by atoms with E-state index in [1.807, 2.05) is 58.9 Å². The highest BCUT2D eigenvalue weighted by atomic mass is 32.1. The topological polar surface area (TPSA) is 76.0 Å². The number of aliphatic hydroxyl groups excluding tert-OH is 1. The highest BCUT2D eigenvalue weighted by molar-refractivity contribution is 7.11. The van der Waals surface area contributed by atoms with Crippen LogP contribution in [-0.2, 0) is 6.42 Å². The fourth-order valence-corrected chi connectivity index (χ4v) is 4.67. The van der Waals surface area contributed by atoms with Crippen molar-refractivity contribution in [1.82, 2.24) is 14.9 Å². The molecule has 2 aromatic carbocycles. The third kappa shape index (κ3) is 3.21. The number of hydrogen-bond donors (Lipinski definition) is 3. The standard InChI is InChI=1S/C23H20N4OS/c24-22-21(23-26-19(14-29-23)15-6-2-1-3-7-15)20(28)13-27(22)11-10-16-12-25-18-9-5-4-8-17(16)18/h1-9,12,14,24-25,28H,10-11,13H2. The van der Waals surface area contributed by atoms with E-state index in [0.29, 0.717) is 29.5 Å². The summed E-state index contributed by atoms with van der Waals surface area (Å²) >= 11 is 1.47. The lowest BCUT2D eigenvalue weighted by atomic mass is 10.1. The number of aromatic nitrogens is 2. The number of aromatic amines is 1. The van der Waals surface area contributed by atoms with Crippen molar-refractivity contribution in [3.8, 4) is 11.3 Å². The monoisotopic (exact) mass is 400 g/mol. The number of H-pyrrole nitrogens is 1. The van der Waals surface area contributed by atoms with Crippen LogP contribution < -0.4 is 0 Å². The maximum atomic E-state index is 10.5. The van der Waals surface area contributed by atoms with Gasteiger partial charge in [-0.2, -0.15) is 0 Å². The molecule has 1 aliphatic heterocycles. The molecule has 4 aromatic rings. The first-order chi connectivity index (χ1) is 14.2. The predicted molar refractivity (Wildman–Crippen MR) is 118 cm³/mol. The molecule has 0 spiro atoms. The first kappa shape index (κ1) is 17.7. The molecular formula is C23H20N4OS. The Balaban J connectivity index is 1.33. The smallest absolute Gasteiger partial charge is 0.135 e. The lowest BCUT2D eigenvalue weighted by molar-refractivity contribution is 0.351. The molecule has 0 atom stereocenters. The van der Waals surface area contributed by atoms with Crippen LogP contribution in [0.4, 0.5) is 0 Å². The number of rotatable bonds is 5. The lowest BCUT2D eigenvalue weighted by Gasteiger charge is -2.18. The summed E-state index contributed by atoms with van der Waals surface area (Å²) in [5, 5.41) is 23.0. The number of para-hydroxylation sites is 1. The molecule has 3 heterocycles. The van der Waals surface area contributed by atoms with Gasteiger partial charge in [-0.3, -0.25) is 5.41 Å². The minimum absolute atomic E-state index is 0.225. The van der Waals surface area contributed by atoms with E-state index in [2.05, 4.69) is 22.1 Å². The van der Waals surface area contributed by atoms with Crippen LogP contribution in [0.25, 0.3) is 27.7 Å². The molecule has 1 aliphatic rings. The molecule has 0 fully saturated rings. The molecule has 0 radical (unpaired) electrons. The predicted octanol–water partition coefficient (Wildman–Crippen LogP) is 5.10. The van der Waals surface area contributed by atoms with Crippen LogP contribution in [0.2, 0.25) is 0 Å². The molecule has 3 N–H and O–H groups in total. The molecule has 5 rings (SSSR count).